The fraction of sp³-hybridized carbons (Fsp3) is 0.333. The topological polar surface area (TPSA) is 128 Å². The van der Waals surface area contributed by atoms with Crippen LogP contribution in [0.25, 0.3) is 0 Å². The third kappa shape index (κ3) is 5.55. The Balaban J connectivity index is 1.51. The highest BCUT2D eigenvalue weighted by molar-refractivity contribution is 7.99. The third-order valence-corrected chi connectivity index (χ3v) is 6.49. The van der Waals surface area contributed by atoms with E-state index in [1.165, 1.54) is 35.0 Å². The number of nitrogens with zero attached hydrogens (tertiary/aromatic N) is 6. The summed E-state index contributed by atoms with van der Waals surface area (Å²) in [6, 6.07) is 10.2. The van der Waals surface area contributed by atoms with Crippen molar-refractivity contribution in [3.05, 3.63) is 69.5 Å². The molecule has 0 bridgehead atoms. The van der Waals surface area contributed by atoms with Crippen LogP contribution in [0.15, 0.2) is 52.5 Å². The molecule has 1 fully saturated rings. The number of aryl methyl sites for hydroxylation is 1. The maximum Gasteiger partial charge on any atom is 0.284 e. The van der Waals surface area contributed by atoms with Crippen LogP contribution in [0.4, 0.5) is 10.1 Å². The van der Waals surface area contributed by atoms with Crippen molar-refractivity contribution in [1.82, 2.24) is 30.4 Å². The third-order valence-electron chi connectivity index (χ3n) is 5.40. The maximum atomic E-state index is 13.4. The van der Waals surface area contributed by atoms with E-state index < -0.39 is 10.8 Å². The van der Waals surface area contributed by atoms with Crippen molar-refractivity contribution in [3.63, 3.8) is 0 Å². The van der Waals surface area contributed by atoms with E-state index in [9.17, 15) is 19.3 Å². The number of nitro benzene ring substituents is 1. The van der Waals surface area contributed by atoms with Crippen LogP contribution in [-0.2, 0) is 11.8 Å². The molecule has 1 aliphatic heterocycles. The van der Waals surface area contributed by atoms with Crippen LogP contribution < -0.4 is 5.32 Å². The lowest BCUT2D eigenvalue weighted by Gasteiger charge is -2.35. The molecule has 34 heavy (non-hydrogen) atoms. The summed E-state index contributed by atoms with van der Waals surface area (Å²) < 4.78 is 20.3. The summed E-state index contributed by atoms with van der Waals surface area (Å²) in [4.78, 5) is 26.5. The van der Waals surface area contributed by atoms with Crippen LogP contribution in [0.1, 0.15) is 22.0 Å². The quantitative estimate of drug-likeness (QED) is 0.376. The fourth-order valence-corrected chi connectivity index (χ4v) is 4.43. The molecular weight excluding hydrogens is 465 g/mol. The number of morpholine rings is 1. The van der Waals surface area contributed by atoms with Gasteiger partial charge in [0.2, 0.25) is 5.16 Å². The molecule has 13 heteroatoms. The van der Waals surface area contributed by atoms with Crippen molar-refractivity contribution in [2.75, 3.05) is 32.8 Å². The molecule has 2 heterocycles. The predicted molar refractivity (Wildman–Crippen MR) is 120 cm³/mol. The molecule has 4 rings (SSSR count). The second-order valence-electron chi connectivity index (χ2n) is 7.55. The van der Waals surface area contributed by atoms with Crippen molar-refractivity contribution >= 4 is 23.4 Å². The molecule has 1 aliphatic rings. The molecule has 1 atom stereocenters. The van der Waals surface area contributed by atoms with Crippen molar-refractivity contribution in [2.24, 2.45) is 7.05 Å². The molecule has 1 amide bonds. The van der Waals surface area contributed by atoms with Crippen LogP contribution in [0.3, 0.4) is 0 Å². The summed E-state index contributed by atoms with van der Waals surface area (Å²) >= 11 is 1.04. The van der Waals surface area contributed by atoms with Gasteiger partial charge in [0.05, 0.1) is 29.1 Å². The van der Waals surface area contributed by atoms with Crippen LogP contribution in [0, 0.1) is 15.9 Å². The highest BCUT2D eigenvalue weighted by Gasteiger charge is 2.25. The van der Waals surface area contributed by atoms with E-state index in [1.54, 1.807) is 19.2 Å². The number of amides is 1. The molecule has 0 spiro atoms. The van der Waals surface area contributed by atoms with Gasteiger partial charge in [0.15, 0.2) is 0 Å². The summed E-state index contributed by atoms with van der Waals surface area (Å²) in [6.45, 7) is 2.73. The molecule has 1 aromatic heterocycles. The summed E-state index contributed by atoms with van der Waals surface area (Å²) in [5, 5.41) is 26.0. The van der Waals surface area contributed by atoms with E-state index in [2.05, 4.69) is 25.7 Å². The lowest BCUT2D eigenvalue weighted by Crippen LogP contribution is -2.43. The normalized spacial score (nSPS) is 15.1. The molecule has 0 saturated carbocycles. The average molecular weight is 488 g/mol. The Kier molecular flexibility index (Phi) is 7.45. The summed E-state index contributed by atoms with van der Waals surface area (Å²) in [5.74, 6) is -0.781. The minimum Gasteiger partial charge on any atom is -0.379 e. The van der Waals surface area contributed by atoms with Gasteiger partial charge in [-0.25, -0.2) is 9.07 Å². The zero-order chi connectivity index (χ0) is 24.1. The second kappa shape index (κ2) is 10.7. The largest absolute Gasteiger partial charge is 0.379 e. The second-order valence-corrected chi connectivity index (χ2v) is 8.56. The number of carbonyl (C=O) groups excluding carboxylic acids is 1. The minimum atomic E-state index is -0.544. The Morgan fingerprint density at radius 2 is 2.00 bits per heavy atom. The van der Waals surface area contributed by atoms with Crippen LogP contribution in [0.5, 0.6) is 0 Å². The molecule has 2 aromatic carbocycles. The number of hydrogen-bond acceptors (Lipinski definition) is 9. The van der Waals surface area contributed by atoms with Crippen molar-refractivity contribution in [1.29, 1.82) is 0 Å². The van der Waals surface area contributed by atoms with Gasteiger partial charge < -0.3 is 10.1 Å². The van der Waals surface area contributed by atoms with Crippen LogP contribution in [-0.4, -0.2) is 68.8 Å². The number of ether oxygens (including phenoxy) is 1. The molecular formula is C21H22FN7O4S. The number of benzene rings is 2. The Labute approximate surface area is 198 Å². The first-order valence-corrected chi connectivity index (χ1v) is 11.3. The zero-order valence-corrected chi connectivity index (χ0v) is 19.1. The molecule has 0 unspecified atom stereocenters. The highest BCUT2D eigenvalue weighted by atomic mass is 32.2. The van der Waals surface area contributed by atoms with E-state index in [1.807, 2.05) is 0 Å². The van der Waals surface area contributed by atoms with E-state index in [0.29, 0.717) is 36.4 Å². The van der Waals surface area contributed by atoms with E-state index in [-0.39, 0.29) is 29.7 Å². The maximum absolute atomic E-state index is 13.4. The lowest BCUT2D eigenvalue weighted by molar-refractivity contribution is -0.387. The first-order valence-electron chi connectivity index (χ1n) is 10.5. The molecule has 11 nitrogen and oxygen atoms in total. The summed E-state index contributed by atoms with van der Waals surface area (Å²) in [6.07, 6.45) is 0. The highest BCUT2D eigenvalue weighted by Crippen LogP contribution is 2.34. The zero-order valence-electron chi connectivity index (χ0n) is 18.3. The summed E-state index contributed by atoms with van der Waals surface area (Å²) in [7, 11) is 1.63. The monoisotopic (exact) mass is 487 g/mol. The molecule has 3 aromatic rings. The van der Waals surface area contributed by atoms with Gasteiger partial charge >= 0.3 is 0 Å². The molecule has 1 saturated heterocycles. The van der Waals surface area contributed by atoms with Gasteiger partial charge in [-0.3, -0.25) is 19.8 Å². The van der Waals surface area contributed by atoms with E-state index in [0.717, 1.165) is 17.3 Å². The molecule has 0 radical (unpaired) electrons. The predicted octanol–water partition coefficient (Wildman–Crippen LogP) is 2.21. The average Bonchev–Trinajstić information content (AvgIpc) is 3.25. The molecule has 178 valence electrons. The van der Waals surface area contributed by atoms with E-state index >= 15 is 0 Å². The smallest absolute Gasteiger partial charge is 0.284 e. The Bertz CT molecular complexity index is 1170. The van der Waals surface area contributed by atoms with Crippen molar-refractivity contribution in [2.45, 2.75) is 16.1 Å². The van der Waals surface area contributed by atoms with Gasteiger partial charge in [0.25, 0.3) is 11.6 Å². The Morgan fingerprint density at radius 3 is 2.65 bits per heavy atom. The fourth-order valence-electron chi connectivity index (χ4n) is 3.62. The SMILES string of the molecule is Cn1nnnc1Sc1ccc(C(=O)NC[C@H](c2ccc(F)cc2)N2CCOCC2)cc1[N+](=O)[O-]. The molecule has 0 aliphatic carbocycles. The lowest BCUT2D eigenvalue weighted by atomic mass is 10.0. The number of aromatic nitrogens is 4. The van der Waals surface area contributed by atoms with Crippen LogP contribution >= 0.6 is 11.8 Å². The summed E-state index contributed by atoms with van der Waals surface area (Å²) in [5.41, 5.74) is 0.800. The molecule has 1 N–H and O–H groups in total. The van der Waals surface area contributed by atoms with Crippen molar-refractivity contribution in [3.8, 4) is 0 Å². The minimum absolute atomic E-state index is 0.159. The van der Waals surface area contributed by atoms with Gasteiger partial charge in [-0.05, 0) is 52.0 Å². The Morgan fingerprint density at radius 1 is 1.26 bits per heavy atom. The van der Waals surface area contributed by atoms with Gasteiger partial charge in [-0.2, -0.15) is 0 Å². The van der Waals surface area contributed by atoms with Crippen LogP contribution in [0.2, 0.25) is 0 Å². The first-order chi connectivity index (χ1) is 16.4. The number of tetrazole rings is 1. The van der Waals surface area contributed by atoms with Crippen molar-refractivity contribution < 1.29 is 18.8 Å². The number of carbonyl (C=O) groups is 1. The number of nitrogens with one attached hydrogen (secondary N) is 1. The van der Waals surface area contributed by atoms with Gasteiger partial charge in [-0.1, -0.05) is 12.1 Å². The van der Waals surface area contributed by atoms with Gasteiger partial charge in [-0.15, -0.1) is 5.10 Å². The number of halogens is 1. The standard InChI is InChI=1S/C21H22FN7O4S/c1-27-21(24-25-26-27)34-19-7-4-15(12-17(19)29(31)32)20(30)23-13-18(28-8-10-33-11-9-28)14-2-5-16(22)6-3-14/h2-7,12,18H,8-11,13H2,1H3,(H,23,30)/t18-/m1/s1. The Hall–Kier alpha value is -3.42. The number of hydrogen-bond donors (Lipinski definition) is 1. The van der Waals surface area contributed by atoms with Gasteiger partial charge in [0.1, 0.15) is 5.82 Å². The van der Waals surface area contributed by atoms with Gasteiger partial charge in [0, 0.05) is 38.3 Å². The number of rotatable bonds is 8. The number of nitro groups is 1. The van der Waals surface area contributed by atoms with E-state index in [4.69, 9.17) is 4.74 Å². The first kappa shape index (κ1) is 23.7.